The number of carbonyl (C=O) groups excluding carboxylic acids is 1. The number of pyridine rings is 1. The second-order valence-electron chi connectivity index (χ2n) is 3.23. The van der Waals surface area contributed by atoms with Gasteiger partial charge in [-0.15, -0.1) is 0 Å². The fourth-order valence-electron chi connectivity index (χ4n) is 1.16. The Morgan fingerprint density at radius 3 is 2.60 bits per heavy atom. The molecule has 2 unspecified atom stereocenters. The number of aryl methyl sites for hydroxylation is 1. The molecule has 0 saturated carbocycles. The van der Waals surface area contributed by atoms with Crippen LogP contribution in [-0.4, -0.2) is 27.2 Å². The lowest BCUT2D eigenvalue weighted by atomic mass is 10.1. The summed E-state index contributed by atoms with van der Waals surface area (Å²) in [5.74, 6) is -0.808. The number of aliphatic hydroxyl groups is 2. The summed E-state index contributed by atoms with van der Waals surface area (Å²) in [7, 11) is 0. The van der Waals surface area contributed by atoms with Gasteiger partial charge in [0, 0.05) is 0 Å². The molecule has 0 saturated heterocycles. The van der Waals surface area contributed by atoms with Gasteiger partial charge in [-0.3, -0.25) is 4.79 Å². The number of nitrogen functional groups attached to an aromatic ring is 1. The average Bonchev–Trinajstić information content (AvgIpc) is 2.19. The van der Waals surface area contributed by atoms with Gasteiger partial charge in [-0.05, 0) is 18.6 Å². The van der Waals surface area contributed by atoms with Gasteiger partial charge in [0.25, 0.3) is 0 Å². The quantitative estimate of drug-likeness (QED) is 0.503. The van der Waals surface area contributed by atoms with E-state index < -0.39 is 18.1 Å². The standard InChI is InChI=1S/C9H13N3O3/c1-4-2-3-5(10)12-6(4)7(13)8(14)9(11)15/h2-3,7-8,13-14H,1H3,(H2,10,12)(H2,11,15). The maximum Gasteiger partial charge on any atom is 0.249 e. The normalized spacial score (nSPS) is 14.6. The minimum Gasteiger partial charge on any atom is -0.384 e. The number of primary amides is 1. The van der Waals surface area contributed by atoms with Crippen LogP contribution in [-0.2, 0) is 4.79 Å². The van der Waals surface area contributed by atoms with E-state index in [4.69, 9.17) is 11.5 Å². The third-order valence-corrected chi connectivity index (χ3v) is 2.03. The van der Waals surface area contributed by atoms with Crippen LogP contribution in [0.15, 0.2) is 12.1 Å². The highest BCUT2D eigenvalue weighted by atomic mass is 16.3. The van der Waals surface area contributed by atoms with Crippen molar-refractivity contribution in [3.8, 4) is 0 Å². The average molecular weight is 211 g/mol. The van der Waals surface area contributed by atoms with E-state index >= 15 is 0 Å². The van der Waals surface area contributed by atoms with E-state index in [9.17, 15) is 15.0 Å². The molecule has 6 N–H and O–H groups in total. The number of amides is 1. The summed E-state index contributed by atoms with van der Waals surface area (Å²) in [5.41, 5.74) is 11.1. The summed E-state index contributed by atoms with van der Waals surface area (Å²) in [5, 5.41) is 18.9. The molecule has 15 heavy (non-hydrogen) atoms. The van der Waals surface area contributed by atoms with Gasteiger partial charge in [0.2, 0.25) is 5.91 Å². The summed E-state index contributed by atoms with van der Waals surface area (Å²) in [6.45, 7) is 1.68. The summed E-state index contributed by atoms with van der Waals surface area (Å²) >= 11 is 0. The minimum absolute atomic E-state index is 0.154. The molecule has 1 aromatic heterocycles. The first-order valence-electron chi connectivity index (χ1n) is 4.32. The van der Waals surface area contributed by atoms with Gasteiger partial charge in [0.15, 0.2) is 6.10 Å². The molecule has 0 spiro atoms. The van der Waals surface area contributed by atoms with E-state index in [2.05, 4.69) is 4.98 Å². The third-order valence-electron chi connectivity index (χ3n) is 2.03. The lowest BCUT2D eigenvalue weighted by Crippen LogP contribution is -2.34. The minimum atomic E-state index is -1.68. The van der Waals surface area contributed by atoms with Crippen molar-refractivity contribution in [2.24, 2.45) is 5.73 Å². The molecule has 2 atom stereocenters. The molecule has 6 nitrogen and oxygen atoms in total. The first-order valence-corrected chi connectivity index (χ1v) is 4.32. The maximum absolute atomic E-state index is 10.7. The number of aliphatic hydroxyl groups excluding tert-OH is 2. The Bertz CT molecular complexity index is 381. The van der Waals surface area contributed by atoms with Gasteiger partial charge in [0.05, 0.1) is 5.69 Å². The highest BCUT2D eigenvalue weighted by Crippen LogP contribution is 2.19. The fraction of sp³-hybridized carbons (Fsp3) is 0.333. The zero-order chi connectivity index (χ0) is 11.6. The number of hydrogen-bond acceptors (Lipinski definition) is 5. The first-order chi connectivity index (χ1) is 6.93. The predicted octanol–water partition coefficient (Wildman–Crippen LogP) is -1.15. The van der Waals surface area contributed by atoms with Crippen molar-refractivity contribution in [2.75, 3.05) is 5.73 Å². The van der Waals surface area contributed by atoms with Crippen LogP contribution in [0.4, 0.5) is 5.82 Å². The highest BCUT2D eigenvalue weighted by molar-refractivity contribution is 5.79. The molecule has 0 aromatic carbocycles. The van der Waals surface area contributed by atoms with E-state index in [-0.39, 0.29) is 11.5 Å². The van der Waals surface area contributed by atoms with Gasteiger partial charge >= 0.3 is 0 Å². The van der Waals surface area contributed by atoms with Crippen LogP contribution in [0.3, 0.4) is 0 Å². The van der Waals surface area contributed by atoms with Crippen LogP contribution in [0, 0.1) is 6.92 Å². The van der Waals surface area contributed by atoms with Crippen molar-refractivity contribution in [2.45, 2.75) is 19.1 Å². The third kappa shape index (κ3) is 2.42. The molecule has 0 aliphatic heterocycles. The SMILES string of the molecule is Cc1ccc(N)nc1C(O)C(O)C(N)=O. The van der Waals surface area contributed by atoms with E-state index in [1.165, 1.54) is 0 Å². The zero-order valence-corrected chi connectivity index (χ0v) is 8.21. The molecule has 6 heteroatoms. The number of nitrogens with zero attached hydrogens (tertiary/aromatic N) is 1. The van der Waals surface area contributed by atoms with Gasteiger partial charge in [-0.2, -0.15) is 0 Å². The largest absolute Gasteiger partial charge is 0.384 e. The van der Waals surface area contributed by atoms with Gasteiger partial charge in [-0.25, -0.2) is 4.98 Å². The summed E-state index contributed by atoms with van der Waals surface area (Å²) < 4.78 is 0. The number of anilines is 1. The molecule has 0 aliphatic rings. The Labute approximate surface area is 86.5 Å². The Balaban J connectivity index is 3.04. The van der Waals surface area contributed by atoms with Gasteiger partial charge in [-0.1, -0.05) is 6.07 Å². The van der Waals surface area contributed by atoms with Crippen molar-refractivity contribution in [3.05, 3.63) is 23.4 Å². The molecule has 0 aliphatic carbocycles. The second kappa shape index (κ2) is 4.24. The molecular weight excluding hydrogens is 198 g/mol. The molecule has 0 radical (unpaired) electrons. The Morgan fingerprint density at radius 1 is 1.47 bits per heavy atom. The fourth-order valence-corrected chi connectivity index (χ4v) is 1.16. The van der Waals surface area contributed by atoms with Crippen molar-refractivity contribution in [3.63, 3.8) is 0 Å². The molecule has 1 aromatic rings. The van der Waals surface area contributed by atoms with E-state index in [1.54, 1.807) is 19.1 Å². The molecule has 82 valence electrons. The monoisotopic (exact) mass is 211 g/mol. The van der Waals surface area contributed by atoms with E-state index in [1.807, 2.05) is 0 Å². The van der Waals surface area contributed by atoms with Crippen molar-refractivity contribution in [1.29, 1.82) is 0 Å². The zero-order valence-electron chi connectivity index (χ0n) is 8.21. The molecule has 1 amide bonds. The smallest absolute Gasteiger partial charge is 0.249 e. The van der Waals surface area contributed by atoms with Crippen LogP contribution >= 0.6 is 0 Å². The Hall–Kier alpha value is -1.66. The lowest BCUT2D eigenvalue weighted by Gasteiger charge is -2.16. The summed E-state index contributed by atoms with van der Waals surface area (Å²) in [6.07, 6.45) is -3.14. The maximum atomic E-state index is 10.7. The van der Waals surface area contributed by atoms with Crippen molar-refractivity contribution < 1.29 is 15.0 Å². The van der Waals surface area contributed by atoms with Crippen molar-refractivity contribution in [1.82, 2.24) is 4.98 Å². The highest BCUT2D eigenvalue weighted by Gasteiger charge is 2.25. The van der Waals surface area contributed by atoms with E-state index in [0.717, 1.165) is 0 Å². The number of rotatable bonds is 3. The van der Waals surface area contributed by atoms with Crippen LogP contribution in [0.25, 0.3) is 0 Å². The molecule has 0 fully saturated rings. The van der Waals surface area contributed by atoms with Crippen LogP contribution in [0.5, 0.6) is 0 Å². The Morgan fingerprint density at radius 2 is 2.07 bits per heavy atom. The first kappa shape index (κ1) is 11.4. The number of nitrogens with two attached hydrogens (primary N) is 2. The molecule has 1 heterocycles. The summed E-state index contributed by atoms with van der Waals surface area (Å²) in [6, 6.07) is 3.19. The lowest BCUT2D eigenvalue weighted by molar-refractivity contribution is -0.132. The van der Waals surface area contributed by atoms with Gasteiger partial charge < -0.3 is 21.7 Å². The summed E-state index contributed by atoms with van der Waals surface area (Å²) in [4.78, 5) is 14.5. The van der Waals surface area contributed by atoms with Crippen LogP contribution in [0.2, 0.25) is 0 Å². The topological polar surface area (TPSA) is 122 Å². The predicted molar refractivity (Wildman–Crippen MR) is 53.5 cm³/mol. The molecule has 1 rings (SSSR count). The molecular formula is C9H13N3O3. The number of carbonyl (C=O) groups is 1. The van der Waals surface area contributed by atoms with Crippen LogP contribution < -0.4 is 11.5 Å². The number of aromatic nitrogens is 1. The second-order valence-corrected chi connectivity index (χ2v) is 3.23. The molecule has 0 bridgehead atoms. The number of hydrogen-bond donors (Lipinski definition) is 4. The van der Waals surface area contributed by atoms with E-state index in [0.29, 0.717) is 5.56 Å². The van der Waals surface area contributed by atoms with Crippen LogP contribution in [0.1, 0.15) is 17.4 Å². The van der Waals surface area contributed by atoms with Crippen molar-refractivity contribution >= 4 is 11.7 Å². The Kier molecular flexibility index (Phi) is 3.23. The van der Waals surface area contributed by atoms with Gasteiger partial charge in [0.1, 0.15) is 11.9 Å².